The molecule has 6 heteroatoms. The van der Waals surface area contributed by atoms with Gasteiger partial charge in [0.15, 0.2) is 0 Å². The van der Waals surface area contributed by atoms with E-state index in [1.165, 1.54) is 6.21 Å². The van der Waals surface area contributed by atoms with Crippen LogP contribution in [0, 0.1) is 6.92 Å². The molecule has 0 unspecified atom stereocenters. The Kier molecular flexibility index (Phi) is 5.76. The van der Waals surface area contributed by atoms with E-state index in [1.807, 2.05) is 66.7 Å². The summed E-state index contributed by atoms with van der Waals surface area (Å²) in [5.74, 6) is 0.0642. The Morgan fingerprint density at radius 2 is 1.77 bits per heavy atom. The Balaban J connectivity index is 1.73. The van der Waals surface area contributed by atoms with Gasteiger partial charge in [0.25, 0.3) is 5.91 Å². The minimum atomic E-state index is -0.376. The average molecular weight is 410 g/mol. The highest BCUT2D eigenvalue weighted by atomic mass is 79.9. The summed E-state index contributed by atoms with van der Waals surface area (Å²) >= 11 is 3.41. The van der Waals surface area contributed by atoms with Crippen molar-refractivity contribution in [3.63, 3.8) is 0 Å². The van der Waals surface area contributed by atoms with Gasteiger partial charge in [-0.3, -0.25) is 4.79 Å². The van der Waals surface area contributed by atoms with Crippen molar-refractivity contribution < 1.29 is 9.32 Å². The van der Waals surface area contributed by atoms with Crippen LogP contribution < -0.4 is 5.43 Å². The Labute approximate surface area is 159 Å². The smallest absolute Gasteiger partial charge is 0.277 e. The molecule has 0 saturated carbocycles. The second kappa shape index (κ2) is 8.40. The fourth-order valence-electron chi connectivity index (χ4n) is 2.39. The Morgan fingerprint density at radius 3 is 2.46 bits per heavy atom. The number of nitrogens with zero attached hydrogens (tertiary/aromatic N) is 2. The molecule has 26 heavy (non-hydrogen) atoms. The van der Waals surface area contributed by atoms with Gasteiger partial charge in [0.2, 0.25) is 0 Å². The summed E-state index contributed by atoms with van der Waals surface area (Å²) in [6, 6.07) is 19.2. The highest BCUT2D eigenvalue weighted by Gasteiger charge is 2.21. The number of hydrazone groups is 1. The van der Waals surface area contributed by atoms with Crippen LogP contribution in [-0.4, -0.2) is 17.3 Å². The largest absolute Gasteiger partial charge is 0.360 e. The van der Waals surface area contributed by atoms with E-state index in [9.17, 15) is 4.79 Å². The van der Waals surface area contributed by atoms with Crippen LogP contribution in [-0.2, 0) is 0 Å². The lowest BCUT2D eigenvalue weighted by Crippen LogP contribution is -2.18. The lowest BCUT2D eigenvalue weighted by Gasteiger charge is -2.01. The Hall–Kier alpha value is -2.99. The van der Waals surface area contributed by atoms with Gasteiger partial charge < -0.3 is 4.52 Å². The van der Waals surface area contributed by atoms with Crippen LogP contribution in [0.2, 0.25) is 0 Å². The molecule has 0 atom stereocenters. The Bertz CT molecular complexity index is 948. The van der Waals surface area contributed by atoms with Crippen molar-refractivity contribution >= 4 is 34.1 Å². The van der Waals surface area contributed by atoms with Gasteiger partial charge in [-0.25, -0.2) is 5.43 Å². The summed E-state index contributed by atoms with van der Waals surface area (Å²) in [6.07, 6.45) is 3.42. The first-order valence-corrected chi connectivity index (χ1v) is 8.72. The number of carbonyl (C=O) groups is 1. The maximum atomic E-state index is 12.5. The summed E-state index contributed by atoms with van der Waals surface area (Å²) in [5, 5.41) is 7.99. The topological polar surface area (TPSA) is 67.5 Å². The first-order chi connectivity index (χ1) is 12.6. The zero-order valence-electron chi connectivity index (χ0n) is 14.0. The van der Waals surface area contributed by atoms with E-state index in [0.29, 0.717) is 17.0 Å². The molecule has 1 N–H and O–H groups in total. The number of aromatic nitrogens is 1. The van der Waals surface area contributed by atoms with E-state index in [1.54, 1.807) is 6.92 Å². The van der Waals surface area contributed by atoms with Crippen molar-refractivity contribution in [1.29, 1.82) is 0 Å². The molecule has 0 fully saturated rings. The molecule has 0 aliphatic carbocycles. The number of aryl methyl sites for hydroxylation is 1. The van der Waals surface area contributed by atoms with Crippen molar-refractivity contribution in [1.82, 2.24) is 10.6 Å². The molecule has 3 aromatic rings. The molecule has 1 heterocycles. The third-order valence-electron chi connectivity index (χ3n) is 3.60. The zero-order chi connectivity index (χ0) is 18.4. The maximum Gasteiger partial charge on any atom is 0.277 e. The fraction of sp³-hybridized carbons (Fsp3) is 0.0500. The number of halogens is 1. The molecular formula is C20H16BrN3O2. The summed E-state index contributed by atoms with van der Waals surface area (Å²) in [7, 11) is 0. The normalized spacial score (nSPS) is 11.7. The van der Waals surface area contributed by atoms with Crippen LogP contribution in [0.1, 0.15) is 21.7 Å². The van der Waals surface area contributed by atoms with E-state index in [0.717, 1.165) is 15.6 Å². The minimum Gasteiger partial charge on any atom is -0.360 e. The molecule has 0 radical (unpaired) electrons. The number of nitrogens with one attached hydrogen (secondary N) is 1. The summed E-state index contributed by atoms with van der Waals surface area (Å²) < 4.78 is 5.93. The second-order valence-corrected chi connectivity index (χ2v) is 6.38. The summed E-state index contributed by atoms with van der Waals surface area (Å²) in [4.78, 5) is 12.5. The molecule has 0 aliphatic rings. The summed E-state index contributed by atoms with van der Waals surface area (Å²) in [5.41, 5.74) is 5.21. The predicted molar refractivity (Wildman–Crippen MR) is 106 cm³/mol. The molecule has 2 aromatic carbocycles. The SMILES string of the molecule is Cc1onc(-c2ccccc2)c1C(=O)NN=CC(Br)=Cc1ccccc1. The molecule has 3 rings (SSSR count). The van der Waals surface area contributed by atoms with Gasteiger partial charge in [-0.2, -0.15) is 5.10 Å². The third-order valence-corrected chi connectivity index (χ3v) is 4.03. The van der Waals surface area contributed by atoms with Gasteiger partial charge in [-0.1, -0.05) is 65.8 Å². The van der Waals surface area contributed by atoms with E-state index in [-0.39, 0.29) is 5.91 Å². The monoisotopic (exact) mass is 409 g/mol. The van der Waals surface area contributed by atoms with Gasteiger partial charge in [0, 0.05) is 10.0 Å². The second-order valence-electron chi connectivity index (χ2n) is 5.47. The number of rotatable bonds is 5. The van der Waals surface area contributed by atoms with Crippen LogP contribution in [0.4, 0.5) is 0 Å². The van der Waals surface area contributed by atoms with E-state index < -0.39 is 0 Å². The minimum absolute atomic E-state index is 0.372. The number of allylic oxidation sites excluding steroid dienone is 1. The van der Waals surface area contributed by atoms with Gasteiger partial charge in [-0.15, -0.1) is 0 Å². The van der Waals surface area contributed by atoms with Crippen molar-refractivity contribution in [3.8, 4) is 11.3 Å². The number of hydrogen-bond donors (Lipinski definition) is 1. The van der Waals surface area contributed by atoms with Crippen molar-refractivity contribution in [2.24, 2.45) is 5.10 Å². The average Bonchev–Trinajstić information content (AvgIpc) is 3.05. The lowest BCUT2D eigenvalue weighted by atomic mass is 10.1. The number of hydrogen-bond acceptors (Lipinski definition) is 4. The molecule has 0 aliphatic heterocycles. The van der Waals surface area contributed by atoms with Crippen LogP contribution in [0.25, 0.3) is 17.3 Å². The first kappa shape index (κ1) is 17.8. The molecular weight excluding hydrogens is 394 g/mol. The highest BCUT2D eigenvalue weighted by Crippen LogP contribution is 2.24. The van der Waals surface area contributed by atoms with Gasteiger partial charge in [-0.05, 0) is 34.5 Å². The Morgan fingerprint density at radius 1 is 1.12 bits per heavy atom. The third kappa shape index (κ3) is 4.34. The van der Waals surface area contributed by atoms with Crippen molar-refractivity contribution in [2.75, 3.05) is 0 Å². The van der Waals surface area contributed by atoms with Gasteiger partial charge >= 0.3 is 0 Å². The van der Waals surface area contributed by atoms with Crippen LogP contribution in [0.5, 0.6) is 0 Å². The molecule has 0 bridgehead atoms. The summed E-state index contributed by atoms with van der Waals surface area (Å²) in [6.45, 7) is 1.70. The highest BCUT2D eigenvalue weighted by molar-refractivity contribution is 9.12. The predicted octanol–water partition coefficient (Wildman–Crippen LogP) is 4.80. The standard InChI is InChI=1S/C20H16BrN3O2/c1-14-18(19(24-26-14)16-10-6-3-7-11-16)20(25)23-22-13-17(21)12-15-8-4-2-5-9-15/h2-13H,1H3,(H,23,25). The molecule has 130 valence electrons. The molecule has 1 amide bonds. The fourth-order valence-corrected chi connectivity index (χ4v) is 2.75. The van der Waals surface area contributed by atoms with Gasteiger partial charge in [0.05, 0.1) is 6.21 Å². The first-order valence-electron chi connectivity index (χ1n) is 7.92. The molecule has 5 nitrogen and oxygen atoms in total. The van der Waals surface area contributed by atoms with Crippen LogP contribution >= 0.6 is 15.9 Å². The lowest BCUT2D eigenvalue weighted by molar-refractivity contribution is 0.0954. The van der Waals surface area contributed by atoms with Gasteiger partial charge in [0.1, 0.15) is 17.0 Å². The van der Waals surface area contributed by atoms with E-state index in [2.05, 4.69) is 31.6 Å². The van der Waals surface area contributed by atoms with Crippen molar-refractivity contribution in [2.45, 2.75) is 6.92 Å². The quantitative estimate of drug-likeness (QED) is 0.485. The molecule has 0 spiro atoms. The molecule has 1 aromatic heterocycles. The maximum absolute atomic E-state index is 12.5. The van der Waals surface area contributed by atoms with Crippen molar-refractivity contribution in [3.05, 3.63) is 82.0 Å². The van der Waals surface area contributed by atoms with Crippen LogP contribution in [0.3, 0.4) is 0 Å². The zero-order valence-corrected chi connectivity index (χ0v) is 15.6. The number of amides is 1. The number of benzene rings is 2. The van der Waals surface area contributed by atoms with E-state index in [4.69, 9.17) is 4.52 Å². The molecule has 0 saturated heterocycles. The van der Waals surface area contributed by atoms with Crippen LogP contribution in [0.15, 0.2) is 74.8 Å². The number of carbonyl (C=O) groups excluding carboxylic acids is 1. The van der Waals surface area contributed by atoms with E-state index >= 15 is 0 Å².